The van der Waals surface area contributed by atoms with E-state index in [1.165, 1.54) is 36.7 Å². The molecule has 206 valence electrons. The molecule has 3 heterocycles. The first-order valence-corrected chi connectivity index (χ1v) is 15.6. The van der Waals surface area contributed by atoms with Crippen LogP contribution in [-0.2, 0) is 0 Å². The molecular formula is C40H25N3S. The number of rotatable bonds is 4. The van der Waals surface area contributed by atoms with E-state index in [0.29, 0.717) is 0 Å². The molecule has 3 nitrogen and oxygen atoms in total. The van der Waals surface area contributed by atoms with Crippen molar-refractivity contribution in [3.63, 3.8) is 0 Å². The normalized spacial score (nSPS) is 11.6. The van der Waals surface area contributed by atoms with E-state index in [0.717, 1.165) is 44.9 Å². The Balaban J connectivity index is 1.12. The van der Waals surface area contributed by atoms with Crippen molar-refractivity contribution in [2.45, 2.75) is 0 Å². The summed E-state index contributed by atoms with van der Waals surface area (Å²) in [4.78, 5) is 10.2. The van der Waals surface area contributed by atoms with Gasteiger partial charge in [0.2, 0.25) is 0 Å². The maximum atomic E-state index is 5.19. The minimum atomic E-state index is 0.944. The summed E-state index contributed by atoms with van der Waals surface area (Å²) in [6.07, 6.45) is 0. The van der Waals surface area contributed by atoms with Crippen LogP contribution in [0.15, 0.2) is 152 Å². The summed E-state index contributed by atoms with van der Waals surface area (Å²) in [5.41, 5.74) is 9.81. The van der Waals surface area contributed by atoms with Crippen molar-refractivity contribution in [1.29, 1.82) is 0 Å². The highest BCUT2D eigenvalue weighted by Crippen LogP contribution is 2.43. The van der Waals surface area contributed by atoms with Gasteiger partial charge in [0, 0.05) is 42.4 Å². The Bertz CT molecular complexity index is 2470. The predicted molar refractivity (Wildman–Crippen MR) is 186 cm³/mol. The van der Waals surface area contributed by atoms with Gasteiger partial charge in [-0.15, -0.1) is 11.3 Å². The smallest absolute Gasteiger partial charge is 0.145 e. The molecule has 4 heteroatoms. The maximum Gasteiger partial charge on any atom is 0.145 e. The topological polar surface area (TPSA) is 30.7 Å². The summed E-state index contributed by atoms with van der Waals surface area (Å²) < 4.78 is 4.84. The summed E-state index contributed by atoms with van der Waals surface area (Å²) in [5.74, 6) is 0.944. The van der Waals surface area contributed by atoms with Crippen molar-refractivity contribution in [2.75, 3.05) is 0 Å². The molecule has 0 unspecified atom stereocenters. The molecule has 0 saturated heterocycles. The van der Waals surface area contributed by atoms with Crippen LogP contribution in [-0.4, -0.2) is 14.5 Å². The number of benzene rings is 6. The number of hydrogen-bond acceptors (Lipinski definition) is 3. The predicted octanol–water partition coefficient (Wildman–Crippen LogP) is 10.9. The van der Waals surface area contributed by atoms with Crippen molar-refractivity contribution in [2.24, 2.45) is 0 Å². The molecule has 0 radical (unpaired) electrons. The molecule has 44 heavy (non-hydrogen) atoms. The van der Waals surface area contributed by atoms with Crippen LogP contribution in [0.1, 0.15) is 0 Å². The Hall–Kier alpha value is -5.58. The molecule has 0 N–H and O–H groups in total. The quantitative estimate of drug-likeness (QED) is 0.208. The van der Waals surface area contributed by atoms with Gasteiger partial charge in [0.1, 0.15) is 5.82 Å². The zero-order valence-corrected chi connectivity index (χ0v) is 24.5. The van der Waals surface area contributed by atoms with E-state index >= 15 is 0 Å². The SMILES string of the molecule is c1ccc(-c2nc3ccccc3n2-c2ccc(-c3ccc(-c4nc5ccccc5c5sc6ccccc6c45)cc3)cc2)cc1. The van der Waals surface area contributed by atoms with Gasteiger partial charge in [0.05, 0.1) is 22.2 Å². The number of fused-ring (bicyclic) bond motifs is 6. The lowest BCUT2D eigenvalue weighted by atomic mass is 9.99. The third-order valence-electron chi connectivity index (χ3n) is 8.42. The molecule has 0 fully saturated rings. The van der Waals surface area contributed by atoms with Crippen molar-refractivity contribution in [3.8, 4) is 39.5 Å². The second kappa shape index (κ2) is 10.0. The van der Waals surface area contributed by atoms with E-state index in [1.54, 1.807) is 0 Å². The summed E-state index contributed by atoms with van der Waals surface area (Å²) in [7, 11) is 0. The lowest BCUT2D eigenvalue weighted by Crippen LogP contribution is -1.97. The van der Waals surface area contributed by atoms with Gasteiger partial charge in [-0.1, -0.05) is 115 Å². The Morgan fingerprint density at radius 2 is 1.07 bits per heavy atom. The highest BCUT2D eigenvalue weighted by atomic mass is 32.1. The monoisotopic (exact) mass is 579 g/mol. The fraction of sp³-hybridized carbons (Fsp3) is 0. The average molecular weight is 580 g/mol. The van der Waals surface area contributed by atoms with Crippen molar-refractivity contribution in [1.82, 2.24) is 14.5 Å². The lowest BCUT2D eigenvalue weighted by Gasteiger charge is -2.11. The van der Waals surface area contributed by atoms with Crippen LogP contribution < -0.4 is 0 Å². The first-order chi connectivity index (χ1) is 21.8. The number of imidazole rings is 1. The fourth-order valence-electron chi connectivity index (χ4n) is 6.31. The number of pyridine rings is 1. The van der Waals surface area contributed by atoms with Gasteiger partial charge in [-0.25, -0.2) is 9.97 Å². The molecule has 9 rings (SSSR count). The van der Waals surface area contributed by atoms with E-state index in [9.17, 15) is 0 Å². The Kier molecular flexibility index (Phi) is 5.68. The fourth-order valence-corrected chi connectivity index (χ4v) is 7.55. The number of para-hydroxylation sites is 3. The van der Waals surface area contributed by atoms with Crippen LogP contribution in [0.5, 0.6) is 0 Å². The van der Waals surface area contributed by atoms with E-state index in [-0.39, 0.29) is 0 Å². The van der Waals surface area contributed by atoms with Crippen LogP contribution >= 0.6 is 11.3 Å². The molecule has 3 aromatic heterocycles. The van der Waals surface area contributed by atoms with E-state index in [1.807, 2.05) is 23.5 Å². The summed E-state index contributed by atoms with van der Waals surface area (Å²) in [5, 5.41) is 3.72. The van der Waals surface area contributed by atoms with Gasteiger partial charge in [-0.2, -0.15) is 0 Å². The van der Waals surface area contributed by atoms with Gasteiger partial charge in [-0.05, 0) is 47.5 Å². The van der Waals surface area contributed by atoms with Gasteiger partial charge < -0.3 is 0 Å². The number of nitrogens with zero attached hydrogens (tertiary/aromatic N) is 3. The summed E-state index contributed by atoms with van der Waals surface area (Å²) in [6, 6.07) is 53.5. The molecule has 0 aliphatic carbocycles. The molecule has 0 spiro atoms. The standard InChI is InChI=1S/C40H25N3S/c1-2-10-29(11-3-1)40-42-34-15-7-8-16-35(34)43(40)30-24-22-27(23-25-30)26-18-20-28(21-19-26)38-37-32-13-5-9-17-36(32)44-39(37)31-12-4-6-14-33(31)41-38/h1-25H. The molecule has 0 aliphatic rings. The maximum absolute atomic E-state index is 5.19. The van der Waals surface area contributed by atoms with Crippen molar-refractivity contribution in [3.05, 3.63) is 152 Å². The molecule has 0 amide bonds. The molecule has 9 aromatic rings. The zero-order valence-electron chi connectivity index (χ0n) is 23.7. The van der Waals surface area contributed by atoms with Gasteiger partial charge in [0.25, 0.3) is 0 Å². The molecular weight excluding hydrogens is 555 g/mol. The van der Waals surface area contributed by atoms with Crippen LogP contribution in [0, 0.1) is 0 Å². The summed E-state index contributed by atoms with van der Waals surface area (Å²) in [6.45, 7) is 0. The van der Waals surface area contributed by atoms with Gasteiger partial charge >= 0.3 is 0 Å². The van der Waals surface area contributed by atoms with Crippen molar-refractivity contribution >= 4 is 53.4 Å². The lowest BCUT2D eigenvalue weighted by molar-refractivity contribution is 1.10. The third kappa shape index (κ3) is 3.96. The van der Waals surface area contributed by atoms with Gasteiger partial charge in [0.15, 0.2) is 0 Å². The Morgan fingerprint density at radius 3 is 1.86 bits per heavy atom. The van der Waals surface area contributed by atoms with Crippen LogP contribution in [0.2, 0.25) is 0 Å². The summed E-state index contributed by atoms with van der Waals surface area (Å²) >= 11 is 1.85. The number of thiophene rings is 1. The molecule has 6 aromatic carbocycles. The molecule has 0 bridgehead atoms. The van der Waals surface area contributed by atoms with E-state index < -0.39 is 0 Å². The highest BCUT2D eigenvalue weighted by Gasteiger charge is 2.17. The first-order valence-electron chi connectivity index (χ1n) is 14.8. The second-order valence-corrected chi connectivity index (χ2v) is 12.1. The van der Waals surface area contributed by atoms with Crippen LogP contribution in [0.4, 0.5) is 0 Å². The third-order valence-corrected chi connectivity index (χ3v) is 9.63. The van der Waals surface area contributed by atoms with Crippen LogP contribution in [0.3, 0.4) is 0 Å². The van der Waals surface area contributed by atoms with Gasteiger partial charge in [-0.3, -0.25) is 4.57 Å². The minimum absolute atomic E-state index is 0.944. The number of hydrogen-bond donors (Lipinski definition) is 0. The Labute approximate surface area is 258 Å². The van der Waals surface area contributed by atoms with Crippen LogP contribution in [0.25, 0.3) is 81.6 Å². The molecule has 0 aliphatic heterocycles. The number of aromatic nitrogens is 3. The first kappa shape index (κ1) is 25.0. The van der Waals surface area contributed by atoms with E-state index in [4.69, 9.17) is 9.97 Å². The minimum Gasteiger partial charge on any atom is -0.292 e. The van der Waals surface area contributed by atoms with E-state index in [2.05, 4.69) is 144 Å². The molecule has 0 atom stereocenters. The average Bonchev–Trinajstić information content (AvgIpc) is 3.68. The zero-order chi connectivity index (χ0) is 29.0. The Morgan fingerprint density at radius 1 is 0.455 bits per heavy atom. The largest absolute Gasteiger partial charge is 0.292 e. The molecule has 0 saturated carbocycles. The second-order valence-electron chi connectivity index (χ2n) is 11.0. The van der Waals surface area contributed by atoms with Crippen molar-refractivity contribution < 1.29 is 0 Å². The highest BCUT2D eigenvalue weighted by molar-refractivity contribution is 7.26.